The number of nitrogens with zero attached hydrogens (tertiary/aromatic N) is 1. The maximum Gasteiger partial charge on any atom is 0.182 e. The summed E-state index contributed by atoms with van der Waals surface area (Å²) < 4.78 is 0. The van der Waals surface area contributed by atoms with Crippen LogP contribution in [0.4, 0.5) is 0 Å². The molecule has 0 unspecified atom stereocenters. The second-order valence-corrected chi connectivity index (χ2v) is 5.88. The van der Waals surface area contributed by atoms with Gasteiger partial charge >= 0.3 is 0 Å². The first-order chi connectivity index (χ1) is 8.68. The normalized spacial score (nSPS) is 12.6. The van der Waals surface area contributed by atoms with Crippen LogP contribution in [0.25, 0.3) is 5.76 Å². The summed E-state index contributed by atoms with van der Waals surface area (Å²) in [6.45, 7) is 5.01. The molecule has 0 spiro atoms. The molecule has 0 bridgehead atoms. The lowest BCUT2D eigenvalue weighted by Crippen LogP contribution is -2.22. The zero-order valence-electron chi connectivity index (χ0n) is 10.8. The van der Waals surface area contributed by atoms with Crippen molar-refractivity contribution in [2.45, 2.75) is 20.8 Å². The van der Waals surface area contributed by atoms with Crippen molar-refractivity contribution in [2.24, 2.45) is 5.41 Å². The molecule has 0 heterocycles. The van der Waals surface area contributed by atoms with Gasteiger partial charge in [-0.1, -0.05) is 44.0 Å². The molecule has 1 N–H and O–H groups in total. The molecule has 0 radical (unpaired) electrons. The minimum absolute atomic E-state index is 0.180. The first kappa shape index (κ1) is 15.6. The highest BCUT2D eigenvalue weighted by molar-refractivity contribution is 6.35. The van der Waals surface area contributed by atoms with E-state index in [1.165, 1.54) is 18.2 Å². The minimum atomic E-state index is -0.766. The molecule has 1 aromatic carbocycles. The molecule has 19 heavy (non-hydrogen) atoms. The van der Waals surface area contributed by atoms with Gasteiger partial charge in [0, 0.05) is 16.0 Å². The Morgan fingerprint density at radius 3 is 2.32 bits per heavy atom. The van der Waals surface area contributed by atoms with Crippen molar-refractivity contribution in [1.29, 1.82) is 5.26 Å². The Bertz CT molecular complexity index is 592. The van der Waals surface area contributed by atoms with Crippen LogP contribution in [0.1, 0.15) is 26.3 Å². The molecule has 0 aliphatic rings. The molecule has 0 amide bonds. The first-order valence-corrected chi connectivity index (χ1v) is 6.27. The lowest BCUT2D eigenvalue weighted by molar-refractivity contribution is -0.122. The summed E-state index contributed by atoms with van der Waals surface area (Å²) in [6, 6.07) is 6.16. The molecule has 3 nitrogen and oxygen atoms in total. The number of rotatable bonds is 2. The summed E-state index contributed by atoms with van der Waals surface area (Å²) in [7, 11) is 0. The molecule has 0 aliphatic heterocycles. The summed E-state index contributed by atoms with van der Waals surface area (Å²) in [5.74, 6) is -0.873. The Hall–Kier alpha value is -1.50. The summed E-state index contributed by atoms with van der Waals surface area (Å²) in [5, 5.41) is 19.8. The van der Waals surface area contributed by atoms with Gasteiger partial charge in [-0.3, -0.25) is 4.79 Å². The third kappa shape index (κ3) is 3.50. The van der Waals surface area contributed by atoms with Gasteiger partial charge in [0.05, 0.1) is 5.02 Å². The van der Waals surface area contributed by atoms with Crippen LogP contribution in [0, 0.1) is 16.7 Å². The van der Waals surface area contributed by atoms with Gasteiger partial charge in [-0.2, -0.15) is 5.26 Å². The summed E-state index contributed by atoms with van der Waals surface area (Å²) >= 11 is 11.7. The summed E-state index contributed by atoms with van der Waals surface area (Å²) in [5.41, 5.74) is -0.866. The number of carbonyl (C=O) groups is 1. The molecule has 5 heteroatoms. The molecule has 0 saturated carbocycles. The summed E-state index contributed by atoms with van der Waals surface area (Å²) in [4.78, 5) is 12.1. The smallest absolute Gasteiger partial charge is 0.182 e. The monoisotopic (exact) mass is 297 g/mol. The van der Waals surface area contributed by atoms with E-state index >= 15 is 0 Å². The second kappa shape index (κ2) is 5.64. The third-order valence-electron chi connectivity index (χ3n) is 2.44. The largest absolute Gasteiger partial charge is 0.506 e. The van der Waals surface area contributed by atoms with E-state index in [-0.39, 0.29) is 16.2 Å². The van der Waals surface area contributed by atoms with Crippen LogP contribution < -0.4 is 0 Å². The van der Waals surface area contributed by atoms with E-state index in [1.807, 2.05) is 0 Å². The highest BCUT2D eigenvalue weighted by Gasteiger charge is 2.28. The van der Waals surface area contributed by atoms with Crippen molar-refractivity contribution in [3.63, 3.8) is 0 Å². The maximum atomic E-state index is 12.1. The van der Waals surface area contributed by atoms with E-state index < -0.39 is 17.0 Å². The van der Waals surface area contributed by atoms with Gasteiger partial charge in [0.25, 0.3) is 0 Å². The van der Waals surface area contributed by atoms with Gasteiger partial charge in [0.1, 0.15) is 17.4 Å². The van der Waals surface area contributed by atoms with Crippen molar-refractivity contribution >= 4 is 34.7 Å². The highest BCUT2D eigenvalue weighted by atomic mass is 35.5. The number of hydrogen-bond acceptors (Lipinski definition) is 3. The molecule has 1 rings (SSSR count). The number of hydrogen-bond donors (Lipinski definition) is 1. The molecule has 0 atom stereocenters. The molecule has 0 saturated heterocycles. The molecular weight excluding hydrogens is 285 g/mol. The van der Waals surface area contributed by atoms with Gasteiger partial charge in [0.2, 0.25) is 0 Å². The van der Waals surface area contributed by atoms with E-state index in [4.69, 9.17) is 28.5 Å². The van der Waals surface area contributed by atoms with E-state index in [9.17, 15) is 9.90 Å². The quantitative estimate of drug-likeness (QED) is 0.500. The molecule has 1 aromatic rings. The average molecular weight is 298 g/mol. The van der Waals surface area contributed by atoms with Crippen LogP contribution in [-0.4, -0.2) is 10.9 Å². The van der Waals surface area contributed by atoms with Gasteiger partial charge in [-0.15, -0.1) is 0 Å². The molecule has 0 aromatic heterocycles. The number of benzene rings is 1. The van der Waals surface area contributed by atoms with Crippen LogP contribution in [0.2, 0.25) is 10.0 Å². The standard InChI is InChI=1S/C14H13Cl2NO2/c1-14(2,3)13(19)10(7-17)12(18)9-5-4-8(15)6-11(9)16/h4-6,18H,1-3H3/b12-10-. The van der Waals surface area contributed by atoms with Crippen LogP contribution in [0.15, 0.2) is 23.8 Å². The zero-order chi connectivity index (χ0) is 14.8. The Morgan fingerprint density at radius 1 is 1.32 bits per heavy atom. The number of allylic oxidation sites excluding steroid dienone is 1. The lowest BCUT2D eigenvalue weighted by Gasteiger charge is -2.16. The Morgan fingerprint density at radius 2 is 1.89 bits per heavy atom. The van der Waals surface area contributed by atoms with Crippen molar-refractivity contribution < 1.29 is 9.90 Å². The Balaban J connectivity index is 3.42. The van der Waals surface area contributed by atoms with Crippen molar-refractivity contribution in [1.82, 2.24) is 0 Å². The number of aliphatic hydroxyl groups is 1. The molecule has 100 valence electrons. The third-order valence-corrected chi connectivity index (χ3v) is 2.99. The minimum Gasteiger partial charge on any atom is -0.506 e. The number of aliphatic hydroxyl groups excluding tert-OH is 1. The number of Topliss-reactive ketones (excluding diaryl/α,β-unsaturated/α-hetero) is 1. The average Bonchev–Trinajstić information content (AvgIpc) is 2.28. The lowest BCUT2D eigenvalue weighted by atomic mass is 9.85. The van der Waals surface area contributed by atoms with Crippen molar-refractivity contribution in [2.75, 3.05) is 0 Å². The fourth-order valence-electron chi connectivity index (χ4n) is 1.40. The van der Waals surface area contributed by atoms with Gasteiger partial charge in [-0.05, 0) is 18.2 Å². The van der Waals surface area contributed by atoms with E-state index in [2.05, 4.69) is 0 Å². The Labute approximate surface area is 122 Å². The van der Waals surface area contributed by atoms with Crippen LogP contribution >= 0.6 is 23.2 Å². The van der Waals surface area contributed by atoms with Crippen LogP contribution in [-0.2, 0) is 4.79 Å². The van der Waals surface area contributed by atoms with E-state index in [0.29, 0.717) is 5.02 Å². The number of halogens is 2. The SMILES string of the molecule is CC(C)(C)C(=O)/C(C#N)=C(\O)c1ccc(Cl)cc1Cl. The number of carbonyl (C=O) groups excluding carboxylic acids is 1. The van der Waals surface area contributed by atoms with Gasteiger partial charge < -0.3 is 5.11 Å². The fraction of sp³-hybridized carbons (Fsp3) is 0.286. The summed E-state index contributed by atoms with van der Waals surface area (Å²) in [6.07, 6.45) is 0. The predicted molar refractivity (Wildman–Crippen MR) is 76.1 cm³/mol. The predicted octanol–water partition coefficient (Wildman–Crippen LogP) is 4.40. The van der Waals surface area contributed by atoms with E-state index in [1.54, 1.807) is 26.8 Å². The van der Waals surface area contributed by atoms with Crippen molar-refractivity contribution in [3.8, 4) is 6.07 Å². The number of nitriles is 1. The zero-order valence-corrected chi connectivity index (χ0v) is 12.3. The maximum absolute atomic E-state index is 12.1. The van der Waals surface area contributed by atoms with E-state index in [0.717, 1.165) is 0 Å². The fourth-order valence-corrected chi connectivity index (χ4v) is 1.90. The second-order valence-electron chi connectivity index (χ2n) is 5.04. The Kier molecular flexibility index (Phi) is 4.62. The van der Waals surface area contributed by atoms with Gasteiger partial charge in [0.15, 0.2) is 5.78 Å². The number of ketones is 1. The first-order valence-electron chi connectivity index (χ1n) is 5.52. The van der Waals surface area contributed by atoms with Crippen molar-refractivity contribution in [3.05, 3.63) is 39.4 Å². The van der Waals surface area contributed by atoms with Crippen LogP contribution in [0.3, 0.4) is 0 Å². The molecule has 0 aliphatic carbocycles. The topological polar surface area (TPSA) is 61.1 Å². The van der Waals surface area contributed by atoms with Crippen LogP contribution in [0.5, 0.6) is 0 Å². The highest BCUT2D eigenvalue weighted by Crippen LogP contribution is 2.30. The molecule has 0 fully saturated rings. The molecular formula is C14H13Cl2NO2. The van der Waals surface area contributed by atoms with Gasteiger partial charge in [-0.25, -0.2) is 0 Å².